The van der Waals surface area contributed by atoms with Crippen LogP contribution in [0.25, 0.3) is 11.1 Å². The predicted molar refractivity (Wildman–Crippen MR) is 112 cm³/mol. The van der Waals surface area contributed by atoms with Crippen molar-refractivity contribution >= 4 is 39.3 Å². The number of primary amides is 1. The van der Waals surface area contributed by atoms with Gasteiger partial charge in [0.05, 0.1) is 11.1 Å². The van der Waals surface area contributed by atoms with Crippen LogP contribution in [-0.4, -0.2) is 16.4 Å². The van der Waals surface area contributed by atoms with Gasteiger partial charge in [-0.2, -0.15) is 0 Å². The van der Waals surface area contributed by atoms with E-state index in [1.165, 1.54) is 15.9 Å². The lowest BCUT2D eigenvalue weighted by molar-refractivity contribution is -0.116. The lowest BCUT2D eigenvalue weighted by Crippen LogP contribution is -2.19. The van der Waals surface area contributed by atoms with Crippen molar-refractivity contribution in [3.63, 3.8) is 0 Å². The Labute approximate surface area is 171 Å². The highest BCUT2D eigenvalue weighted by Crippen LogP contribution is 2.37. The van der Waals surface area contributed by atoms with Gasteiger partial charge >= 0.3 is 5.76 Å². The van der Waals surface area contributed by atoms with Crippen LogP contribution >= 0.6 is 11.3 Å². The van der Waals surface area contributed by atoms with Gasteiger partial charge in [-0.05, 0) is 49.8 Å². The molecule has 3 aromatic rings. The third-order valence-corrected chi connectivity index (χ3v) is 6.49. The molecule has 0 spiro atoms. The number of aromatic nitrogens is 1. The molecular weight excluding hydrogens is 390 g/mol. The normalized spacial score (nSPS) is 13.8. The second-order valence-corrected chi connectivity index (χ2v) is 8.38. The first-order chi connectivity index (χ1) is 14.0. The number of benzene rings is 1. The highest BCUT2D eigenvalue weighted by atomic mass is 32.1. The molecule has 1 aromatic carbocycles. The van der Waals surface area contributed by atoms with Crippen LogP contribution in [0.3, 0.4) is 0 Å². The first-order valence-electron chi connectivity index (χ1n) is 9.87. The summed E-state index contributed by atoms with van der Waals surface area (Å²) >= 11 is 1.46. The second kappa shape index (κ2) is 8.24. The molecule has 2 amide bonds. The van der Waals surface area contributed by atoms with Crippen LogP contribution in [0.4, 0.5) is 5.00 Å². The van der Waals surface area contributed by atoms with E-state index in [9.17, 15) is 14.4 Å². The number of carbonyl (C=O) groups excluding carboxylic acids is 2. The highest BCUT2D eigenvalue weighted by molar-refractivity contribution is 7.17. The van der Waals surface area contributed by atoms with Gasteiger partial charge in [-0.3, -0.25) is 14.2 Å². The topological polar surface area (TPSA) is 107 Å². The number of anilines is 1. The lowest BCUT2D eigenvalue weighted by Gasteiger charge is -2.07. The molecule has 3 N–H and O–H groups in total. The molecule has 0 radical (unpaired) electrons. The van der Waals surface area contributed by atoms with Gasteiger partial charge in [-0.15, -0.1) is 11.3 Å². The number of hydrogen-bond acceptors (Lipinski definition) is 5. The Hall–Kier alpha value is -2.87. The van der Waals surface area contributed by atoms with E-state index in [1.54, 1.807) is 6.07 Å². The van der Waals surface area contributed by atoms with Crippen LogP contribution in [0.1, 0.15) is 52.9 Å². The Kier molecular flexibility index (Phi) is 5.53. The largest absolute Gasteiger partial charge is 0.419 e. The second-order valence-electron chi connectivity index (χ2n) is 7.27. The zero-order valence-corrected chi connectivity index (χ0v) is 16.8. The zero-order chi connectivity index (χ0) is 20.4. The number of carbonyl (C=O) groups is 2. The van der Waals surface area contributed by atoms with Gasteiger partial charge in [-0.1, -0.05) is 18.6 Å². The average molecular weight is 413 g/mol. The first-order valence-corrected chi connectivity index (χ1v) is 10.7. The molecule has 152 valence electrons. The summed E-state index contributed by atoms with van der Waals surface area (Å²) < 4.78 is 6.74. The number of oxazole rings is 1. The van der Waals surface area contributed by atoms with Crippen LogP contribution in [0.5, 0.6) is 0 Å². The van der Waals surface area contributed by atoms with Gasteiger partial charge in [0.1, 0.15) is 5.00 Å². The van der Waals surface area contributed by atoms with Crippen LogP contribution in [0.2, 0.25) is 0 Å². The maximum atomic E-state index is 12.5. The van der Waals surface area contributed by atoms with Gasteiger partial charge in [0.15, 0.2) is 5.58 Å². The molecular formula is C21H23N3O4S. The van der Waals surface area contributed by atoms with Gasteiger partial charge in [0.2, 0.25) is 5.91 Å². The number of amides is 2. The van der Waals surface area contributed by atoms with Crippen molar-refractivity contribution in [1.82, 2.24) is 4.57 Å². The number of nitrogens with one attached hydrogen (secondary N) is 1. The molecule has 1 aliphatic rings. The number of hydrogen-bond donors (Lipinski definition) is 2. The predicted octanol–water partition coefficient (Wildman–Crippen LogP) is 3.44. The van der Waals surface area contributed by atoms with Gasteiger partial charge in [0, 0.05) is 17.8 Å². The fourth-order valence-corrected chi connectivity index (χ4v) is 5.21. The molecule has 0 saturated carbocycles. The Bertz CT molecular complexity index is 1120. The van der Waals surface area contributed by atoms with E-state index in [2.05, 4.69) is 5.32 Å². The molecule has 7 nitrogen and oxygen atoms in total. The molecule has 0 saturated heterocycles. The minimum Gasteiger partial charge on any atom is -0.408 e. The summed E-state index contributed by atoms with van der Waals surface area (Å²) in [4.78, 5) is 37.7. The Morgan fingerprint density at radius 3 is 2.79 bits per heavy atom. The minimum absolute atomic E-state index is 0.190. The number of thiophene rings is 1. The monoisotopic (exact) mass is 413 g/mol. The molecule has 0 aliphatic heterocycles. The summed E-state index contributed by atoms with van der Waals surface area (Å²) in [6.07, 6.45) is 5.72. The summed E-state index contributed by atoms with van der Waals surface area (Å²) in [7, 11) is 0. The van der Waals surface area contributed by atoms with Crippen LogP contribution in [0.15, 0.2) is 33.5 Å². The van der Waals surface area contributed by atoms with Gasteiger partial charge < -0.3 is 15.5 Å². The SMILES string of the molecule is NC(=O)c1c(NC(=O)CCCn2c(=O)oc3ccccc32)sc2c1CCCCC2. The molecule has 0 bridgehead atoms. The van der Waals surface area contributed by atoms with Gasteiger partial charge in [0.25, 0.3) is 5.91 Å². The smallest absolute Gasteiger partial charge is 0.408 e. The number of nitrogens with zero attached hydrogens (tertiary/aromatic N) is 1. The summed E-state index contributed by atoms with van der Waals surface area (Å²) in [6, 6.07) is 7.21. The maximum Gasteiger partial charge on any atom is 0.419 e. The van der Waals surface area contributed by atoms with Gasteiger partial charge in [-0.25, -0.2) is 4.79 Å². The fraction of sp³-hybridized carbons (Fsp3) is 0.381. The van der Waals surface area contributed by atoms with Crippen LogP contribution in [-0.2, 0) is 24.2 Å². The fourth-order valence-electron chi connectivity index (χ4n) is 3.90. The van der Waals surface area contributed by atoms with Crippen molar-refractivity contribution in [1.29, 1.82) is 0 Å². The third-order valence-electron chi connectivity index (χ3n) is 5.28. The zero-order valence-electron chi connectivity index (χ0n) is 16.0. The number of nitrogens with two attached hydrogens (primary N) is 1. The first kappa shape index (κ1) is 19.4. The van der Waals surface area contributed by atoms with E-state index in [4.69, 9.17) is 10.2 Å². The van der Waals surface area contributed by atoms with Crippen molar-refractivity contribution in [3.8, 4) is 0 Å². The highest BCUT2D eigenvalue weighted by Gasteiger charge is 2.24. The minimum atomic E-state index is -0.490. The number of aryl methyl sites for hydroxylation is 2. The Morgan fingerprint density at radius 1 is 1.17 bits per heavy atom. The van der Waals surface area contributed by atoms with Crippen LogP contribution < -0.4 is 16.8 Å². The third kappa shape index (κ3) is 3.98. The van der Waals surface area contributed by atoms with Crippen LogP contribution in [0, 0.1) is 0 Å². The average Bonchev–Trinajstić information content (AvgIpc) is 3.09. The number of rotatable bonds is 6. The molecule has 0 fully saturated rings. The van der Waals surface area contributed by atoms with Crippen molar-refractivity contribution in [2.75, 3.05) is 5.32 Å². The summed E-state index contributed by atoms with van der Waals surface area (Å²) in [6.45, 7) is 0.382. The molecule has 2 aromatic heterocycles. The molecule has 0 atom stereocenters. The molecule has 1 aliphatic carbocycles. The van der Waals surface area contributed by atoms with E-state index in [0.717, 1.165) is 48.1 Å². The van der Waals surface area contributed by atoms with Crippen molar-refractivity contribution < 1.29 is 14.0 Å². The Balaban J connectivity index is 1.43. The summed E-state index contributed by atoms with van der Waals surface area (Å²) in [5, 5.41) is 3.43. The van der Waals surface area contributed by atoms with E-state index in [0.29, 0.717) is 29.1 Å². The molecule has 0 unspecified atom stereocenters. The number of fused-ring (bicyclic) bond motifs is 2. The molecule has 29 heavy (non-hydrogen) atoms. The van der Waals surface area contributed by atoms with E-state index < -0.39 is 11.7 Å². The van der Waals surface area contributed by atoms with E-state index in [-0.39, 0.29) is 12.3 Å². The quantitative estimate of drug-likeness (QED) is 0.604. The molecule has 8 heteroatoms. The Morgan fingerprint density at radius 2 is 1.97 bits per heavy atom. The maximum absolute atomic E-state index is 12.5. The summed E-state index contributed by atoms with van der Waals surface area (Å²) in [5.74, 6) is -1.11. The standard InChI is InChI=1S/C21H23N3O4S/c22-19(26)18-13-7-2-1-3-10-16(13)29-20(18)23-17(25)11-6-12-24-14-8-4-5-9-15(14)28-21(24)27/h4-5,8-9H,1-3,6-7,10-12H2,(H2,22,26)(H,23,25). The van der Waals surface area contributed by atoms with Crippen molar-refractivity contribution in [2.24, 2.45) is 5.73 Å². The lowest BCUT2D eigenvalue weighted by atomic mass is 10.1. The number of para-hydroxylation sites is 2. The summed E-state index contributed by atoms with van der Waals surface area (Å²) in [5.41, 5.74) is 8.34. The van der Waals surface area contributed by atoms with Crippen molar-refractivity contribution in [2.45, 2.75) is 51.5 Å². The molecule has 4 rings (SSSR count). The molecule has 2 heterocycles. The van der Waals surface area contributed by atoms with E-state index >= 15 is 0 Å². The van der Waals surface area contributed by atoms with E-state index in [1.807, 2.05) is 18.2 Å². The van der Waals surface area contributed by atoms with Crippen molar-refractivity contribution in [3.05, 3.63) is 50.8 Å².